The van der Waals surface area contributed by atoms with Gasteiger partial charge < -0.3 is 19.8 Å². The third-order valence-electron chi connectivity index (χ3n) is 6.02. The third kappa shape index (κ3) is 8.78. The summed E-state index contributed by atoms with van der Waals surface area (Å²) in [7, 11) is 0. The number of anilines is 1. The zero-order chi connectivity index (χ0) is 26.7. The number of benzene rings is 1. The summed E-state index contributed by atoms with van der Waals surface area (Å²) in [5.74, 6) is 0.724. The Hall–Kier alpha value is -3.21. The highest BCUT2D eigenvalue weighted by Crippen LogP contribution is 2.34. The van der Waals surface area contributed by atoms with Crippen LogP contribution in [0.15, 0.2) is 69.6 Å². The lowest BCUT2D eigenvalue weighted by Crippen LogP contribution is -2.23. The number of fused-ring (bicyclic) bond motifs is 1. The average molecular weight is 493 g/mol. The number of aryl methyl sites for hydroxylation is 1. The predicted molar refractivity (Wildman–Crippen MR) is 154 cm³/mol. The van der Waals surface area contributed by atoms with E-state index in [0.717, 1.165) is 36.6 Å². The molecule has 0 atom stereocenters. The number of nitrogens with two attached hydrogens (primary N) is 1. The molecular formula is C31H44N2O3. The van der Waals surface area contributed by atoms with E-state index in [9.17, 15) is 4.79 Å². The molecule has 1 aromatic carbocycles. The summed E-state index contributed by atoms with van der Waals surface area (Å²) in [6.07, 6.45) is 12.5. The van der Waals surface area contributed by atoms with Crippen LogP contribution in [-0.4, -0.2) is 17.8 Å². The van der Waals surface area contributed by atoms with E-state index < -0.39 is 0 Å². The fraction of sp³-hybridized carbons (Fsp3) is 0.452. The van der Waals surface area contributed by atoms with E-state index >= 15 is 0 Å². The molecule has 0 radical (unpaired) electrons. The highest BCUT2D eigenvalue weighted by atomic mass is 16.5. The van der Waals surface area contributed by atoms with Gasteiger partial charge >= 0.3 is 0 Å². The quantitative estimate of drug-likeness (QED) is 0.229. The van der Waals surface area contributed by atoms with Crippen LogP contribution >= 0.6 is 0 Å². The molecule has 5 nitrogen and oxygen atoms in total. The minimum atomic E-state index is -0.203. The molecule has 1 aromatic heterocycles. The largest absolute Gasteiger partial charge is 0.485 e. The second-order valence-corrected chi connectivity index (χ2v) is 9.85. The Kier molecular flexibility index (Phi) is 11.6. The Labute approximate surface area is 217 Å². The Bertz CT molecular complexity index is 1200. The minimum absolute atomic E-state index is 0.203. The summed E-state index contributed by atoms with van der Waals surface area (Å²) in [5, 5.41) is 0.820. The molecule has 0 bridgehead atoms. The summed E-state index contributed by atoms with van der Waals surface area (Å²) in [6, 6.07) is 5.56. The van der Waals surface area contributed by atoms with Crippen LogP contribution in [0.5, 0.6) is 11.5 Å². The summed E-state index contributed by atoms with van der Waals surface area (Å²) in [6.45, 7) is 15.8. The lowest BCUT2D eigenvalue weighted by Gasteiger charge is -2.17. The molecule has 0 fully saturated rings. The van der Waals surface area contributed by atoms with Crippen molar-refractivity contribution in [1.29, 1.82) is 0 Å². The first kappa shape index (κ1) is 29.0. The van der Waals surface area contributed by atoms with Crippen LogP contribution in [0.3, 0.4) is 0 Å². The fourth-order valence-corrected chi connectivity index (χ4v) is 3.92. The van der Waals surface area contributed by atoms with Crippen LogP contribution in [0.4, 0.5) is 5.69 Å². The van der Waals surface area contributed by atoms with Gasteiger partial charge in [0, 0.05) is 17.6 Å². The Morgan fingerprint density at radius 3 is 1.86 bits per heavy atom. The van der Waals surface area contributed by atoms with Gasteiger partial charge in [0.05, 0.1) is 5.52 Å². The van der Waals surface area contributed by atoms with E-state index in [2.05, 4.69) is 59.8 Å². The lowest BCUT2D eigenvalue weighted by molar-refractivity contribution is 0.304. The summed E-state index contributed by atoms with van der Waals surface area (Å²) < 4.78 is 14.0. The third-order valence-corrected chi connectivity index (χ3v) is 6.02. The van der Waals surface area contributed by atoms with Crippen LogP contribution in [0, 0.1) is 0 Å². The van der Waals surface area contributed by atoms with Crippen molar-refractivity contribution in [2.24, 2.45) is 0 Å². The number of nitrogen functional groups attached to an aromatic ring is 1. The molecule has 0 unspecified atom stereocenters. The van der Waals surface area contributed by atoms with E-state index in [1.807, 2.05) is 31.2 Å². The molecule has 0 aliphatic carbocycles. The number of allylic oxidation sites excluding steroid dienone is 6. The number of hydrogen-bond acceptors (Lipinski definition) is 4. The van der Waals surface area contributed by atoms with Crippen molar-refractivity contribution in [2.45, 2.75) is 80.7 Å². The van der Waals surface area contributed by atoms with Gasteiger partial charge in [-0.3, -0.25) is 4.79 Å². The van der Waals surface area contributed by atoms with E-state index in [1.165, 1.54) is 22.3 Å². The maximum absolute atomic E-state index is 13.4. The Balaban J connectivity index is 2.35. The SMILES string of the molecule is CCn1c(=O)c(OCC=C(C)CCC=C(C)C)c(OCC=C(C)CCC=C(C)C)c2ccc(N)cc21. The maximum atomic E-state index is 13.4. The van der Waals surface area contributed by atoms with Gasteiger partial charge in [0.2, 0.25) is 5.75 Å². The highest BCUT2D eigenvalue weighted by molar-refractivity contribution is 5.90. The van der Waals surface area contributed by atoms with Gasteiger partial charge in [-0.05, 0) is 105 Å². The van der Waals surface area contributed by atoms with Crippen molar-refractivity contribution in [2.75, 3.05) is 18.9 Å². The van der Waals surface area contributed by atoms with Crippen LogP contribution < -0.4 is 20.8 Å². The van der Waals surface area contributed by atoms with Crippen molar-refractivity contribution in [1.82, 2.24) is 4.57 Å². The van der Waals surface area contributed by atoms with Crippen molar-refractivity contribution in [3.05, 3.63) is 75.1 Å². The molecule has 5 heteroatoms. The topological polar surface area (TPSA) is 66.5 Å². The molecule has 0 spiro atoms. The monoisotopic (exact) mass is 492 g/mol. The van der Waals surface area contributed by atoms with E-state index in [-0.39, 0.29) is 11.3 Å². The standard InChI is InChI=1S/C31H44N2O3/c1-8-33-28-21-26(32)15-16-27(28)29(35-19-17-24(6)13-9-11-22(2)3)30(31(33)34)36-20-18-25(7)14-10-12-23(4)5/h11-12,15-18,21H,8-10,13-14,19-20,32H2,1-7H3. The fourth-order valence-electron chi connectivity index (χ4n) is 3.92. The van der Waals surface area contributed by atoms with Crippen LogP contribution in [0.1, 0.15) is 74.1 Å². The number of ether oxygens (including phenoxy) is 2. The summed E-state index contributed by atoms with van der Waals surface area (Å²) >= 11 is 0. The number of hydrogen-bond donors (Lipinski definition) is 1. The van der Waals surface area contributed by atoms with Gasteiger partial charge in [-0.1, -0.05) is 34.4 Å². The van der Waals surface area contributed by atoms with Crippen LogP contribution in [0.25, 0.3) is 10.9 Å². The zero-order valence-electron chi connectivity index (χ0n) is 23.2. The summed E-state index contributed by atoms with van der Waals surface area (Å²) in [4.78, 5) is 13.4. The lowest BCUT2D eigenvalue weighted by atomic mass is 10.1. The second kappa shape index (κ2) is 14.4. The average Bonchev–Trinajstić information content (AvgIpc) is 2.80. The van der Waals surface area contributed by atoms with Gasteiger partial charge in [-0.2, -0.15) is 0 Å². The Morgan fingerprint density at radius 2 is 1.36 bits per heavy atom. The number of aromatic nitrogens is 1. The molecule has 2 rings (SSSR count). The first-order chi connectivity index (χ1) is 17.1. The molecule has 0 aliphatic rings. The van der Waals surface area contributed by atoms with Crippen molar-refractivity contribution in [3.63, 3.8) is 0 Å². The first-order valence-electron chi connectivity index (χ1n) is 12.9. The summed E-state index contributed by atoms with van der Waals surface area (Å²) in [5.41, 5.74) is 12.3. The van der Waals surface area contributed by atoms with Crippen molar-refractivity contribution >= 4 is 16.6 Å². The van der Waals surface area contributed by atoms with E-state index in [0.29, 0.717) is 31.2 Å². The van der Waals surface area contributed by atoms with Crippen molar-refractivity contribution in [3.8, 4) is 11.5 Å². The van der Waals surface area contributed by atoms with Gasteiger partial charge in [-0.15, -0.1) is 0 Å². The molecule has 196 valence electrons. The molecule has 2 N–H and O–H groups in total. The van der Waals surface area contributed by atoms with Gasteiger partial charge in [0.25, 0.3) is 5.56 Å². The zero-order valence-corrected chi connectivity index (χ0v) is 23.2. The highest BCUT2D eigenvalue weighted by Gasteiger charge is 2.19. The molecule has 36 heavy (non-hydrogen) atoms. The Morgan fingerprint density at radius 1 is 0.833 bits per heavy atom. The van der Waals surface area contributed by atoms with Crippen LogP contribution in [-0.2, 0) is 6.54 Å². The normalized spacial score (nSPS) is 12.0. The smallest absolute Gasteiger partial charge is 0.297 e. The van der Waals surface area contributed by atoms with Crippen molar-refractivity contribution < 1.29 is 9.47 Å². The minimum Gasteiger partial charge on any atom is -0.485 e. The first-order valence-corrected chi connectivity index (χ1v) is 12.9. The van der Waals surface area contributed by atoms with Gasteiger partial charge in [0.1, 0.15) is 13.2 Å². The molecule has 0 saturated heterocycles. The van der Waals surface area contributed by atoms with E-state index in [4.69, 9.17) is 15.2 Å². The molecule has 1 heterocycles. The van der Waals surface area contributed by atoms with Gasteiger partial charge in [0.15, 0.2) is 5.75 Å². The molecule has 0 saturated carbocycles. The number of rotatable bonds is 13. The van der Waals surface area contributed by atoms with Crippen LogP contribution in [0.2, 0.25) is 0 Å². The number of nitrogens with zero attached hydrogens (tertiary/aromatic N) is 1. The second-order valence-electron chi connectivity index (χ2n) is 9.85. The predicted octanol–water partition coefficient (Wildman–Crippen LogP) is 7.75. The number of pyridine rings is 1. The molecular weight excluding hydrogens is 448 g/mol. The van der Waals surface area contributed by atoms with E-state index in [1.54, 1.807) is 4.57 Å². The van der Waals surface area contributed by atoms with Gasteiger partial charge in [-0.25, -0.2) is 0 Å². The molecule has 0 amide bonds. The maximum Gasteiger partial charge on any atom is 0.297 e. The molecule has 0 aliphatic heterocycles. The molecule has 2 aromatic rings.